The molecule has 0 saturated carbocycles. The van der Waals surface area contributed by atoms with E-state index in [-0.39, 0.29) is 30.2 Å². The second-order valence-corrected chi connectivity index (χ2v) is 15.6. The Labute approximate surface area is 287 Å². The van der Waals surface area contributed by atoms with E-state index in [1.165, 1.54) is 17.8 Å². The van der Waals surface area contributed by atoms with Crippen molar-refractivity contribution >= 4 is 25.1 Å². The van der Waals surface area contributed by atoms with Crippen LogP contribution in [0.5, 0.6) is 5.75 Å². The summed E-state index contributed by atoms with van der Waals surface area (Å²) in [7, 11) is -4.29. The summed E-state index contributed by atoms with van der Waals surface area (Å²) in [5.74, 6) is -1.19. The zero-order valence-corrected chi connectivity index (χ0v) is 30.1. The summed E-state index contributed by atoms with van der Waals surface area (Å²) >= 11 is 0. The lowest BCUT2D eigenvalue weighted by molar-refractivity contribution is -0.204. The average Bonchev–Trinajstić information content (AvgIpc) is 3.70. The van der Waals surface area contributed by atoms with Crippen LogP contribution in [0.4, 0.5) is 5.82 Å². The van der Waals surface area contributed by atoms with Crippen molar-refractivity contribution in [3.05, 3.63) is 54.0 Å². The number of aromatic nitrogens is 3. The molecule has 0 spiro atoms. The summed E-state index contributed by atoms with van der Waals surface area (Å²) in [6, 6.07) is 11.7. The maximum atomic E-state index is 14.5. The molecule has 4 heterocycles. The molecule has 15 heteroatoms. The number of carbonyl (C=O) groups excluding carboxylic acids is 1. The molecule has 0 amide bonds. The third-order valence-electron chi connectivity index (χ3n) is 8.56. The first-order chi connectivity index (χ1) is 23.1. The number of carbonyl (C=O) groups is 1. The van der Waals surface area contributed by atoms with Crippen molar-refractivity contribution in [3.63, 3.8) is 0 Å². The highest BCUT2D eigenvalue weighted by Crippen LogP contribution is 2.51. The van der Waals surface area contributed by atoms with Crippen molar-refractivity contribution in [1.82, 2.24) is 19.7 Å². The molecule has 266 valence electrons. The van der Waals surface area contributed by atoms with Gasteiger partial charge in [0.15, 0.2) is 11.6 Å². The predicted molar refractivity (Wildman–Crippen MR) is 180 cm³/mol. The third kappa shape index (κ3) is 7.93. The number of nitrogen functional groups attached to an aromatic ring is 1. The molecule has 5 rings (SSSR count). The number of nitriles is 1. The number of hydrogen-bond donors (Lipinski definition) is 2. The summed E-state index contributed by atoms with van der Waals surface area (Å²) in [6.07, 6.45) is 2.36. The number of unbranched alkanes of at least 4 members (excludes halogenated alkanes) is 3. The van der Waals surface area contributed by atoms with E-state index in [1.807, 2.05) is 12.1 Å². The molecule has 1 aromatic carbocycles. The van der Waals surface area contributed by atoms with Gasteiger partial charge in [-0.2, -0.15) is 15.4 Å². The SMILES string of the molecule is CCCCCCOC(=O)[C@H](C)NP(=O)(OC[C@H]1O[C@@](C#N)(c2ccc3c(N)ncnn23)[C@@H]2OC(C)(C)O[C@@H]21)Oc1ccc(C(C)(C)C)cc1. The molecule has 49 heavy (non-hydrogen) atoms. The van der Waals surface area contributed by atoms with Crippen LogP contribution in [0.15, 0.2) is 42.7 Å². The fourth-order valence-electron chi connectivity index (χ4n) is 6.00. The monoisotopic (exact) mass is 698 g/mol. The number of esters is 1. The van der Waals surface area contributed by atoms with Gasteiger partial charge in [-0.15, -0.1) is 0 Å². The van der Waals surface area contributed by atoms with Crippen LogP contribution in [0.2, 0.25) is 0 Å². The topological polar surface area (TPSA) is 182 Å². The minimum absolute atomic E-state index is 0.115. The number of rotatable bonds is 14. The van der Waals surface area contributed by atoms with Crippen molar-refractivity contribution in [2.24, 2.45) is 0 Å². The van der Waals surface area contributed by atoms with Crippen molar-refractivity contribution in [3.8, 4) is 11.8 Å². The number of benzene rings is 1. The number of ether oxygens (including phenoxy) is 4. The number of nitrogens with two attached hydrogens (primary N) is 1. The van der Waals surface area contributed by atoms with Crippen LogP contribution in [0.3, 0.4) is 0 Å². The van der Waals surface area contributed by atoms with Gasteiger partial charge in [0.25, 0.3) is 0 Å². The molecule has 2 aliphatic rings. The van der Waals surface area contributed by atoms with Crippen LogP contribution in [-0.2, 0) is 43.8 Å². The molecule has 1 unspecified atom stereocenters. The Kier molecular flexibility index (Phi) is 10.7. The number of hydrogen-bond acceptors (Lipinski definition) is 12. The lowest BCUT2D eigenvalue weighted by Crippen LogP contribution is -2.40. The second-order valence-electron chi connectivity index (χ2n) is 13.9. The second kappa shape index (κ2) is 14.3. The lowest BCUT2D eigenvalue weighted by Gasteiger charge is -2.29. The number of nitrogens with zero attached hydrogens (tertiary/aromatic N) is 4. The van der Waals surface area contributed by atoms with E-state index in [4.69, 9.17) is 33.7 Å². The van der Waals surface area contributed by atoms with Gasteiger partial charge in [-0.25, -0.2) is 14.1 Å². The molecule has 14 nitrogen and oxygen atoms in total. The summed E-state index contributed by atoms with van der Waals surface area (Å²) in [4.78, 5) is 16.9. The Morgan fingerprint density at radius 1 is 1.14 bits per heavy atom. The Morgan fingerprint density at radius 2 is 1.88 bits per heavy atom. The van der Waals surface area contributed by atoms with Gasteiger partial charge in [-0.3, -0.25) is 9.32 Å². The third-order valence-corrected chi connectivity index (χ3v) is 10.2. The maximum Gasteiger partial charge on any atom is 0.459 e. The van der Waals surface area contributed by atoms with E-state index in [9.17, 15) is 14.6 Å². The normalized spacial score (nSPS) is 25.0. The molecule has 0 radical (unpaired) electrons. The van der Waals surface area contributed by atoms with Crippen LogP contribution in [0.1, 0.15) is 85.4 Å². The van der Waals surface area contributed by atoms with E-state index in [0.29, 0.717) is 11.2 Å². The van der Waals surface area contributed by atoms with E-state index in [0.717, 1.165) is 31.2 Å². The highest BCUT2D eigenvalue weighted by molar-refractivity contribution is 7.52. The lowest BCUT2D eigenvalue weighted by atomic mass is 9.87. The number of fused-ring (bicyclic) bond motifs is 2. The molecule has 2 fully saturated rings. The van der Waals surface area contributed by atoms with Crippen molar-refractivity contribution in [2.45, 2.75) is 115 Å². The summed E-state index contributed by atoms with van der Waals surface area (Å²) in [5.41, 5.74) is 6.12. The van der Waals surface area contributed by atoms with Crippen LogP contribution < -0.4 is 15.3 Å². The highest BCUT2D eigenvalue weighted by atomic mass is 31.2. The standard InChI is InChI=1S/C34H47N6O8P/c1-8-9-10-11-18-43-31(41)22(2)39-49(42,48-24-14-12-23(13-15-24)32(3,4)5)44-19-26-28-29(47-33(6,7)46-28)34(20-35,45-26)27-17-16-25-30(36)37-21-38-40(25)27/h12-17,21-22,26,28-29H,8-11,18-19H2,1-7H3,(H,39,42)(H2,36,37,38)/t22-,26+,28+,29+,34-,49?/m0/s1. The van der Waals surface area contributed by atoms with Gasteiger partial charge in [0.1, 0.15) is 48.0 Å². The zero-order valence-electron chi connectivity index (χ0n) is 29.2. The van der Waals surface area contributed by atoms with E-state index in [1.54, 1.807) is 38.1 Å². The average molecular weight is 699 g/mol. The molecule has 0 bridgehead atoms. The molecule has 2 saturated heterocycles. The van der Waals surface area contributed by atoms with Crippen LogP contribution in [0.25, 0.3) is 5.52 Å². The van der Waals surface area contributed by atoms with E-state index < -0.39 is 49.5 Å². The molecule has 3 aromatic rings. The van der Waals surface area contributed by atoms with Crippen LogP contribution in [-0.4, -0.2) is 63.9 Å². The van der Waals surface area contributed by atoms with Crippen molar-refractivity contribution < 1.29 is 37.4 Å². The number of anilines is 1. The molecule has 0 aliphatic carbocycles. The van der Waals surface area contributed by atoms with Gasteiger partial charge in [-0.05, 0) is 62.4 Å². The molecular weight excluding hydrogens is 651 g/mol. The minimum Gasteiger partial charge on any atom is -0.465 e. The van der Waals surface area contributed by atoms with Gasteiger partial charge in [0.05, 0.1) is 18.9 Å². The fraction of sp³-hybridized carbons (Fsp3) is 0.588. The van der Waals surface area contributed by atoms with Gasteiger partial charge in [0.2, 0.25) is 5.60 Å². The Hall–Kier alpha value is -3.57. The van der Waals surface area contributed by atoms with Gasteiger partial charge in [-0.1, -0.05) is 59.1 Å². The van der Waals surface area contributed by atoms with E-state index in [2.05, 4.69) is 48.9 Å². The maximum absolute atomic E-state index is 14.5. The summed E-state index contributed by atoms with van der Waals surface area (Å²) in [5, 5.41) is 17.7. The Bertz CT molecular complexity index is 1720. The van der Waals surface area contributed by atoms with Gasteiger partial charge >= 0.3 is 13.7 Å². The van der Waals surface area contributed by atoms with Gasteiger partial charge < -0.3 is 29.2 Å². The minimum atomic E-state index is -4.29. The number of nitrogens with one attached hydrogen (secondary N) is 1. The smallest absolute Gasteiger partial charge is 0.459 e. The van der Waals surface area contributed by atoms with Crippen molar-refractivity contribution in [1.29, 1.82) is 5.26 Å². The largest absolute Gasteiger partial charge is 0.465 e. The molecule has 2 aliphatic heterocycles. The van der Waals surface area contributed by atoms with Crippen LogP contribution in [0, 0.1) is 11.3 Å². The summed E-state index contributed by atoms with van der Waals surface area (Å²) < 4.78 is 52.3. The van der Waals surface area contributed by atoms with E-state index >= 15 is 0 Å². The quantitative estimate of drug-likeness (QED) is 0.122. The predicted octanol–water partition coefficient (Wildman–Crippen LogP) is 5.55. The Balaban J connectivity index is 1.40. The highest BCUT2D eigenvalue weighted by Gasteiger charge is 2.65. The molecule has 6 atom stereocenters. The fourth-order valence-corrected chi connectivity index (χ4v) is 7.50. The first kappa shape index (κ1) is 36.7. The Morgan fingerprint density at radius 3 is 2.55 bits per heavy atom. The zero-order chi connectivity index (χ0) is 35.6. The van der Waals surface area contributed by atoms with Crippen molar-refractivity contribution in [2.75, 3.05) is 18.9 Å². The first-order valence-corrected chi connectivity index (χ1v) is 18.2. The molecule has 2 aromatic heterocycles. The molecular formula is C34H47N6O8P. The van der Waals surface area contributed by atoms with Gasteiger partial charge in [0, 0.05) is 0 Å². The first-order valence-electron chi connectivity index (χ1n) is 16.6. The summed E-state index contributed by atoms with van der Waals surface area (Å²) in [6.45, 7) is 13.2. The molecule has 3 N–H and O–H groups in total. The van der Waals surface area contributed by atoms with Crippen LogP contribution >= 0.6 is 7.75 Å².